The van der Waals surface area contributed by atoms with Crippen molar-refractivity contribution in [3.05, 3.63) is 89.7 Å². The first kappa shape index (κ1) is 17.2. The van der Waals surface area contributed by atoms with E-state index >= 15 is 0 Å². The molecule has 3 N–H and O–H groups in total. The number of hydrogen-bond acceptors (Lipinski definition) is 4. The van der Waals surface area contributed by atoms with E-state index in [-0.39, 0.29) is 17.2 Å². The first-order valence-electron chi connectivity index (χ1n) is 8.00. The monoisotopic (exact) mass is 347 g/mol. The number of carbonyl (C=O) groups excluding carboxylic acids is 2. The van der Waals surface area contributed by atoms with Crippen LogP contribution in [0.1, 0.15) is 26.3 Å². The van der Waals surface area contributed by atoms with Gasteiger partial charge in [-0.25, -0.2) is 0 Å². The Labute approximate surface area is 150 Å². The van der Waals surface area contributed by atoms with Crippen LogP contribution in [0.5, 0.6) is 5.75 Å². The number of anilines is 1. The predicted molar refractivity (Wildman–Crippen MR) is 97.9 cm³/mol. The fraction of sp³-hybridized carbons (Fsp3) is 0.0500. The van der Waals surface area contributed by atoms with Crippen molar-refractivity contribution in [2.45, 2.75) is 6.54 Å². The van der Waals surface area contributed by atoms with Crippen molar-refractivity contribution in [3.63, 3.8) is 0 Å². The fourth-order valence-electron chi connectivity index (χ4n) is 2.40. The highest BCUT2D eigenvalue weighted by Gasteiger charge is 2.11. The Bertz CT molecular complexity index is 926. The standard InChI is InChI=1S/C20H17N3O3/c24-18-9-2-1-8-17(18)20(26)23-16-7-3-5-14(11-16)12-22-19(25)15-6-4-10-21-13-15/h1-11,13,24H,12H2,(H,22,25)(H,23,26). The molecule has 0 fully saturated rings. The molecular weight excluding hydrogens is 330 g/mol. The molecule has 0 atom stereocenters. The number of aromatic hydroxyl groups is 1. The van der Waals surface area contributed by atoms with Gasteiger partial charge >= 0.3 is 0 Å². The first-order valence-corrected chi connectivity index (χ1v) is 8.00. The van der Waals surface area contributed by atoms with Crippen molar-refractivity contribution in [1.29, 1.82) is 0 Å². The van der Waals surface area contributed by atoms with Crippen molar-refractivity contribution in [1.82, 2.24) is 10.3 Å². The van der Waals surface area contributed by atoms with Crippen molar-refractivity contribution in [2.75, 3.05) is 5.32 Å². The maximum absolute atomic E-state index is 12.2. The van der Waals surface area contributed by atoms with Gasteiger partial charge in [0.15, 0.2) is 0 Å². The van der Waals surface area contributed by atoms with Gasteiger partial charge in [-0.2, -0.15) is 0 Å². The number of pyridine rings is 1. The number of aromatic nitrogens is 1. The molecule has 6 nitrogen and oxygen atoms in total. The van der Waals surface area contributed by atoms with Crippen LogP contribution >= 0.6 is 0 Å². The zero-order valence-electron chi connectivity index (χ0n) is 13.8. The number of rotatable bonds is 5. The average Bonchev–Trinajstić information content (AvgIpc) is 2.67. The molecule has 0 bridgehead atoms. The van der Waals surface area contributed by atoms with E-state index < -0.39 is 5.91 Å². The second-order valence-electron chi connectivity index (χ2n) is 5.60. The molecule has 0 saturated carbocycles. The minimum absolute atomic E-state index is 0.0788. The zero-order valence-corrected chi connectivity index (χ0v) is 13.8. The van der Waals surface area contributed by atoms with Gasteiger partial charge in [0.25, 0.3) is 11.8 Å². The topological polar surface area (TPSA) is 91.3 Å². The summed E-state index contributed by atoms with van der Waals surface area (Å²) in [7, 11) is 0. The minimum atomic E-state index is -0.403. The molecule has 1 heterocycles. The number of benzene rings is 2. The second kappa shape index (κ2) is 7.94. The van der Waals surface area contributed by atoms with Gasteiger partial charge in [0.2, 0.25) is 0 Å². The summed E-state index contributed by atoms with van der Waals surface area (Å²) < 4.78 is 0. The Balaban J connectivity index is 1.64. The van der Waals surface area contributed by atoms with Crippen molar-refractivity contribution in [2.24, 2.45) is 0 Å². The van der Waals surface area contributed by atoms with E-state index in [0.717, 1.165) is 5.56 Å². The largest absolute Gasteiger partial charge is 0.507 e. The third-order valence-corrected chi connectivity index (χ3v) is 3.71. The summed E-state index contributed by atoms with van der Waals surface area (Å²) in [5, 5.41) is 15.3. The number of para-hydroxylation sites is 1. The van der Waals surface area contributed by atoms with Crippen LogP contribution in [0, 0.1) is 0 Å². The molecule has 0 aliphatic rings. The van der Waals surface area contributed by atoms with E-state index in [0.29, 0.717) is 17.8 Å². The summed E-state index contributed by atoms with van der Waals surface area (Å²) in [6.45, 7) is 0.314. The Morgan fingerprint density at radius 2 is 1.81 bits per heavy atom. The number of phenols is 1. The van der Waals surface area contributed by atoms with Gasteiger partial charge in [0.05, 0.1) is 11.1 Å². The Morgan fingerprint density at radius 3 is 2.58 bits per heavy atom. The molecule has 130 valence electrons. The highest BCUT2D eigenvalue weighted by Crippen LogP contribution is 2.18. The quantitative estimate of drug-likeness (QED) is 0.662. The molecule has 0 radical (unpaired) electrons. The summed E-state index contributed by atoms with van der Waals surface area (Å²) in [4.78, 5) is 28.2. The van der Waals surface area contributed by atoms with Crippen LogP contribution in [-0.2, 0) is 6.54 Å². The van der Waals surface area contributed by atoms with Crippen LogP contribution < -0.4 is 10.6 Å². The van der Waals surface area contributed by atoms with E-state index in [4.69, 9.17) is 0 Å². The predicted octanol–water partition coefficient (Wildman–Crippen LogP) is 2.97. The van der Waals surface area contributed by atoms with E-state index in [9.17, 15) is 14.7 Å². The highest BCUT2D eigenvalue weighted by atomic mass is 16.3. The third kappa shape index (κ3) is 4.24. The lowest BCUT2D eigenvalue weighted by Gasteiger charge is -2.09. The molecular formula is C20H17N3O3. The minimum Gasteiger partial charge on any atom is -0.507 e. The normalized spacial score (nSPS) is 10.2. The number of phenolic OH excluding ortho intramolecular Hbond substituents is 1. The number of nitrogens with one attached hydrogen (secondary N) is 2. The van der Waals surface area contributed by atoms with Crippen molar-refractivity contribution >= 4 is 17.5 Å². The summed E-state index contributed by atoms with van der Waals surface area (Å²) in [6.07, 6.45) is 3.10. The van der Waals surface area contributed by atoms with Crippen LogP contribution in [0.4, 0.5) is 5.69 Å². The van der Waals surface area contributed by atoms with Crippen LogP contribution in [0.25, 0.3) is 0 Å². The molecule has 3 rings (SSSR count). The van der Waals surface area contributed by atoms with Crippen LogP contribution in [0.2, 0.25) is 0 Å². The molecule has 26 heavy (non-hydrogen) atoms. The third-order valence-electron chi connectivity index (χ3n) is 3.71. The number of hydrogen-bond donors (Lipinski definition) is 3. The van der Waals surface area contributed by atoms with Gasteiger partial charge in [-0.3, -0.25) is 14.6 Å². The highest BCUT2D eigenvalue weighted by molar-refractivity contribution is 6.06. The van der Waals surface area contributed by atoms with Gasteiger partial charge in [-0.15, -0.1) is 0 Å². The molecule has 0 spiro atoms. The summed E-state index contributed by atoms with van der Waals surface area (Å²) in [5.74, 6) is -0.703. The molecule has 2 amide bonds. The first-order chi connectivity index (χ1) is 12.6. The van der Waals surface area contributed by atoms with Crippen LogP contribution in [0.15, 0.2) is 73.1 Å². The second-order valence-corrected chi connectivity index (χ2v) is 5.60. The molecule has 2 aromatic carbocycles. The molecule has 1 aromatic heterocycles. The summed E-state index contributed by atoms with van der Waals surface area (Å²) in [5.41, 5.74) is 2.09. The van der Waals surface area contributed by atoms with Gasteiger partial charge in [-0.05, 0) is 42.0 Å². The van der Waals surface area contributed by atoms with E-state index in [1.165, 1.54) is 12.3 Å². The summed E-state index contributed by atoms with van der Waals surface area (Å²) >= 11 is 0. The van der Waals surface area contributed by atoms with Gasteiger partial charge < -0.3 is 15.7 Å². The Kier molecular flexibility index (Phi) is 5.24. The van der Waals surface area contributed by atoms with Gasteiger partial charge in [0, 0.05) is 24.6 Å². The lowest BCUT2D eigenvalue weighted by Crippen LogP contribution is -2.23. The van der Waals surface area contributed by atoms with E-state index in [2.05, 4.69) is 15.6 Å². The maximum atomic E-state index is 12.2. The maximum Gasteiger partial charge on any atom is 0.259 e. The molecule has 0 unspecified atom stereocenters. The van der Waals surface area contributed by atoms with Crippen LogP contribution in [-0.4, -0.2) is 21.9 Å². The fourth-order valence-corrected chi connectivity index (χ4v) is 2.40. The smallest absolute Gasteiger partial charge is 0.259 e. The number of nitrogens with zero attached hydrogens (tertiary/aromatic N) is 1. The van der Waals surface area contributed by atoms with Gasteiger partial charge in [-0.1, -0.05) is 24.3 Å². The van der Waals surface area contributed by atoms with E-state index in [1.54, 1.807) is 54.7 Å². The molecule has 0 aliphatic heterocycles. The average molecular weight is 347 g/mol. The van der Waals surface area contributed by atoms with E-state index in [1.807, 2.05) is 6.07 Å². The zero-order chi connectivity index (χ0) is 18.4. The van der Waals surface area contributed by atoms with Gasteiger partial charge in [0.1, 0.15) is 5.75 Å². The van der Waals surface area contributed by atoms with Crippen LogP contribution in [0.3, 0.4) is 0 Å². The number of amides is 2. The summed E-state index contributed by atoms with van der Waals surface area (Å²) in [6, 6.07) is 16.9. The Morgan fingerprint density at radius 1 is 0.962 bits per heavy atom. The molecule has 6 heteroatoms. The van der Waals surface area contributed by atoms with Crippen molar-refractivity contribution in [3.8, 4) is 5.75 Å². The SMILES string of the molecule is O=C(NCc1cccc(NC(=O)c2ccccc2O)c1)c1cccnc1. The number of carbonyl (C=O) groups is 2. The Hall–Kier alpha value is -3.67. The lowest BCUT2D eigenvalue weighted by molar-refractivity contribution is 0.0949. The van der Waals surface area contributed by atoms with Crippen molar-refractivity contribution < 1.29 is 14.7 Å². The molecule has 0 saturated heterocycles. The molecule has 0 aliphatic carbocycles. The lowest BCUT2D eigenvalue weighted by atomic mass is 10.1. The molecule has 3 aromatic rings.